The number of ether oxygens (including phenoxy) is 4. The summed E-state index contributed by atoms with van der Waals surface area (Å²) in [4.78, 5) is 54.1. The molecule has 14 heteroatoms. The van der Waals surface area contributed by atoms with Gasteiger partial charge in [-0.15, -0.1) is 0 Å². The Labute approximate surface area is 361 Å². The molecule has 2 aromatic heterocycles. The Morgan fingerprint density at radius 1 is 0.532 bits per heavy atom. The van der Waals surface area contributed by atoms with Gasteiger partial charge < -0.3 is 49.3 Å². The first-order valence-electron chi connectivity index (χ1n) is 20.5. The van der Waals surface area contributed by atoms with E-state index in [1.807, 2.05) is 126 Å². The molecular weight excluding hydrogens is 789 g/mol. The van der Waals surface area contributed by atoms with Crippen LogP contribution in [0.25, 0.3) is 21.8 Å². The van der Waals surface area contributed by atoms with Gasteiger partial charge in [0.1, 0.15) is 36.9 Å². The number of carbonyl (C=O) groups is 4. The number of carbonyl (C=O) groups excluding carboxylic acids is 4. The topological polar surface area (TPSA) is 163 Å². The molecule has 326 valence electrons. The molecule has 2 amide bonds. The van der Waals surface area contributed by atoms with Crippen molar-refractivity contribution in [3.05, 3.63) is 121 Å². The number of benzene rings is 4. The highest BCUT2D eigenvalue weighted by atomic mass is 16.6. The van der Waals surface area contributed by atoms with Crippen molar-refractivity contribution in [3.8, 4) is 11.5 Å². The van der Waals surface area contributed by atoms with E-state index in [4.69, 9.17) is 18.9 Å². The standard InChI is InChI=1S/C48H56N6O8/c1-47(2,3)49-27-31(29-59-41-21-11-9-15-35(41)43(55)51-37-17-13-19-39-33(37)23-25-53(39)7)61-45(57)46(58)62-32(28-50-48(4,5)6)30-60-42-22-12-10-16-36(42)44(56)52-38-18-14-20-40-34(38)24-26-54(40)8/h9-26,31-32,49-50H,27-30H2,1-8H3,(H,51,55)(H,52,56). The van der Waals surface area contributed by atoms with E-state index in [9.17, 15) is 19.2 Å². The van der Waals surface area contributed by atoms with Crippen LogP contribution in [0.1, 0.15) is 62.3 Å². The van der Waals surface area contributed by atoms with Gasteiger partial charge in [0.2, 0.25) is 0 Å². The first kappa shape index (κ1) is 44.9. The fraction of sp³-hybridized carbons (Fsp3) is 0.333. The second-order valence-electron chi connectivity index (χ2n) is 17.2. The average Bonchev–Trinajstić information content (AvgIpc) is 3.81. The Bertz CT molecular complexity index is 2370. The van der Waals surface area contributed by atoms with Crippen molar-refractivity contribution >= 4 is 56.9 Å². The number of nitrogens with one attached hydrogen (secondary N) is 4. The summed E-state index contributed by atoms with van der Waals surface area (Å²) in [6, 6.07) is 28.7. The predicted octanol–water partition coefficient (Wildman–Crippen LogP) is 7.23. The SMILES string of the molecule is Cn1ccc2c(NC(=O)c3ccccc3OCC(CNC(C)(C)C)OC(=O)C(=O)OC(CNC(C)(C)C)COc3ccccc3C(=O)Nc3cccc4c3ccn4C)cccc21. The van der Waals surface area contributed by atoms with Gasteiger partial charge in [-0.25, -0.2) is 9.59 Å². The lowest BCUT2D eigenvalue weighted by Crippen LogP contribution is -2.46. The van der Waals surface area contributed by atoms with Crippen LogP contribution in [-0.4, -0.2) is 82.5 Å². The number of nitrogens with zero attached hydrogens (tertiary/aromatic N) is 2. The van der Waals surface area contributed by atoms with E-state index in [2.05, 4.69) is 21.3 Å². The van der Waals surface area contributed by atoms with Gasteiger partial charge in [-0.05, 0) is 102 Å². The van der Waals surface area contributed by atoms with Gasteiger partial charge in [-0.2, -0.15) is 0 Å². The molecule has 0 aliphatic heterocycles. The third-order valence-electron chi connectivity index (χ3n) is 9.90. The molecule has 0 radical (unpaired) electrons. The van der Waals surface area contributed by atoms with Crippen molar-refractivity contribution in [2.75, 3.05) is 36.9 Å². The van der Waals surface area contributed by atoms with E-state index < -0.39 is 24.1 Å². The number of hydrogen-bond acceptors (Lipinski definition) is 10. The molecule has 2 heterocycles. The minimum atomic E-state index is -1.23. The summed E-state index contributed by atoms with van der Waals surface area (Å²) >= 11 is 0. The molecule has 0 bridgehead atoms. The lowest BCUT2D eigenvalue weighted by molar-refractivity contribution is -0.175. The van der Waals surface area contributed by atoms with Gasteiger partial charge in [0, 0.05) is 72.5 Å². The molecule has 2 atom stereocenters. The lowest BCUT2D eigenvalue weighted by Gasteiger charge is -2.27. The normalized spacial score (nSPS) is 12.7. The highest BCUT2D eigenvalue weighted by Gasteiger charge is 2.29. The Kier molecular flexibility index (Phi) is 14.0. The Morgan fingerprint density at radius 3 is 1.31 bits per heavy atom. The molecule has 0 aliphatic rings. The van der Waals surface area contributed by atoms with Crippen LogP contribution in [0.5, 0.6) is 11.5 Å². The van der Waals surface area contributed by atoms with Gasteiger partial charge in [0.25, 0.3) is 11.8 Å². The third-order valence-corrected chi connectivity index (χ3v) is 9.90. The lowest BCUT2D eigenvalue weighted by atomic mass is 10.1. The van der Waals surface area contributed by atoms with Gasteiger partial charge in [0.05, 0.1) is 22.5 Å². The van der Waals surface area contributed by atoms with Crippen molar-refractivity contribution < 1.29 is 38.1 Å². The van der Waals surface area contributed by atoms with Crippen LogP contribution in [0.3, 0.4) is 0 Å². The predicted molar refractivity (Wildman–Crippen MR) is 241 cm³/mol. The Morgan fingerprint density at radius 2 is 0.919 bits per heavy atom. The zero-order chi connectivity index (χ0) is 44.6. The molecule has 62 heavy (non-hydrogen) atoms. The molecule has 4 aromatic carbocycles. The van der Waals surface area contributed by atoms with Crippen molar-refractivity contribution in [1.29, 1.82) is 0 Å². The minimum Gasteiger partial charge on any atom is -0.489 e. The summed E-state index contributed by atoms with van der Waals surface area (Å²) in [5.74, 6) is -2.69. The fourth-order valence-corrected chi connectivity index (χ4v) is 6.64. The molecule has 0 fully saturated rings. The Balaban J connectivity index is 1.12. The maximum Gasteiger partial charge on any atom is 0.417 e. The largest absolute Gasteiger partial charge is 0.489 e. The maximum absolute atomic E-state index is 13.6. The first-order valence-corrected chi connectivity index (χ1v) is 20.5. The van der Waals surface area contributed by atoms with Crippen LogP contribution >= 0.6 is 0 Å². The van der Waals surface area contributed by atoms with E-state index in [-0.39, 0.29) is 71.8 Å². The number of rotatable bonds is 16. The van der Waals surface area contributed by atoms with Gasteiger partial charge in [-0.3, -0.25) is 9.59 Å². The van der Waals surface area contributed by atoms with Crippen molar-refractivity contribution in [2.45, 2.75) is 64.8 Å². The van der Waals surface area contributed by atoms with Crippen LogP contribution < -0.4 is 30.7 Å². The number of aryl methyl sites for hydroxylation is 2. The molecule has 4 N–H and O–H groups in total. The highest BCUT2D eigenvalue weighted by Crippen LogP contribution is 2.28. The Hall–Kier alpha value is -6.64. The molecular formula is C48H56N6O8. The van der Waals surface area contributed by atoms with Gasteiger partial charge in [-0.1, -0.05) is 36.4 Å². The first-order chi connectivity index (χ1) is 29.5. The van der Waals surface area contributed by atoms with Crippen LogP contribution in [0.2, 0.25) is 0 Å². The van der Waals surface area contributed by atoms with Crippen LogP contribution in [0, 0.1) is 0 Å². The van der Waals surface area contributed by atoms with E-state index in [0.29, 0.717) is 11.4 Å². The summed E-state index contributed by atoms with van der Waals surface area (Å²) in [6.07, 6.45) is 1.93. The van der Waals surface area contributed by atoms with Crippen LogP contribution in [-0.2, 0) is 33.2 Å². The summed E-state index contributed by atoms with van der Waals surface area (Å²) < 4.78 is 27.6. The molecule has 2 unspecified atom stereocenters. The number of amides is 2. The molecule has 6 rings (SSSR count). The smallest absolute Gasteiger partial charge is 0.417 e. The van der Waals surface area contributed by atoms with Crippen molar-refractivity contribution in [1.82, 2.24) is 19.8 Å². The number of fused-ring (bicyclic) bond motifs is 2. The number of esters is 2. The van der Waals surface area contributed by atoms with Crippen LogP contribution in [0.15, 0.2) is 109 Å². The fourth-order valence-electron chi connectivity index (χ4n) is 6.64. The van der Waals surface area contributed by atoms with E-state index in [0.717, 1.165) is 21.8 Å². The van der Waals surface area contributed by atoms with Crippen molar-refractivity contribution in [2.24, 2.45) is 14.1 Å². The molecule has 6 aromatic rings. The summed E-state index contributed by atoms with van der Waals surface area (Å²) in [5, 5.41) is 14.3. The summed E-state index contributed by atoms with van der Waals surface area (Å²) in [6.45, 7) is 11.6. The monoisotopic (exact) mass is 844 g/mol. The molecule has 0 spiro atoms. The van der Waals surface area contributed by atoms with Gasteiger partial charge >= 0.3 is 11.9 Å². The van der Waals surface area contributed by atoms with Crippen molar-refractivity contribution in [3.63, 3.8) is 0 Å². The maximum atomic E-state index is 13.6. The average molecular weight is 845 g/mol. The number of hydrogen-bond donors (Lipinski definition) is 4. The quantitative estimate of drug-likeness (QED) is 0.0578. The van der Waals surface area contributed by atoms with E-state index in [1.165, 1.54) is 0 Å². The third kappa shape index (κ3) is 11.8. The van der Waals surface area contributed by atoms with E-state index >= 15 is 0 Å². The summed E-state index contributed by atoms with van der Waals surface area (Å²) in [7, 11) is 3.87. The zero-order valence-electron chi connectivity index (χ0n) is 36.5. The second-order valence-corrected chi connectivity index (χ2v) is 17.2. The van der Waals surface area contributed by atoms with Gasteiger partial charge in [0.15, 0.2) is 0 Å². The highest BCUT2D eigenvalue weighted by molar-refractivity contribution is 6.29. The number of aromatic nitrogens is 2. The zero-order valence-corrected chi connectivity index (χ0v) is 36.5. The summed E-state index contributed by atoms with van der Waals surface area (Å²) in [5.41, 5.74) is 3.04. The molecule has 0 saturated heterocycles. The van der Waals surface area contributed by atoms with Crippen LogP contribution in [0.4, 0.5) is 11.4 Å². The number of anilines is 2. The second kappa shape index (κ2) is 19.4. The molecule has 0 saturated carbocycles. The number of para-hydroxylation sites is 2. The molecule has 14 nitrogen and oxygen atoms in total. The minimum absolute atomic E-state index is 0.128. The van der Waals surface area contributed by atoms with E-state index in [1.54, 1.807) is 48.5 Å². The molecule has 0 aliphatic carbocycles.